The molecule has 4 atom stereocenters. The maximum atomic E-state index is 13.0. The van der Waals surface area contributed by atoms with Crippen molar-refractivity contribution in [3.8, 4) is 0 Å². The van der Waals surface area contributed by atoms with Crippen LogP contribution in [0.5, 0.6) is 0 Å². The molecule has 0 amide bonds. The van der Waals surface area contributed by atoms with E-state index in [9.17, 15) is 14.4 Å². The molecular weight excluding hydrogens is 496 g/mol. The Bertz CT molecular complexity index is 1150. The molecule has 3 rings (SSSR count). The summed E-state index contributed by atoms with van der Waals surface area (Å²) in [4.78, 5) is 40.2. The fourth-order valence-electron chi connectivity index (χ4n) is 4.06. The molecule has 2 aliphatic heterocycles. The SMILES string of the molecule is COC(=O)C1=Cc2cc(=O)[nH]c(=O)n2C2O[C@H](CO[Si](C)(C)C(C)(C)C)[C@@H](O[Si](C)(C)C(C)(C)C)C12. The largest absolute Gasteiger partial charge is 0.466 e. The Hall–Kier alpha value is -1.80. The number of hydrogen-bond donors (Lipinski definition) is 1. The third-order valence-electron chi connectivity index (χ3n) is 8.34. The average Bonchev–Trinajstić information content (AvgIpc) is 3.06. The smallest absolute Gasteiger partial charge is 0.334 e. The van der Waals surface area contributed by atoms with Crippen LogP contribution in [0.3, 0.4) is 0 Å². The number of aromatic amines is 1. The Morgan fingerprint density at radius 1 is 1.06 bits per heavy atom. The summed E-state index contributed by atoms with van der Waals surface area (Å²) in [5.41, 5.74) is -0.520. The topological polar surface area (TPSA) is 109 Å². The van der Waals surface area contributed by atoms with E-state index in [-0.39, 0.29) is 16.7 Å². The minimum atomic E-state index is -2.34. The Balaban J connectivity index is 2.14. The van der Waals surface area contributed by atoms with Gasteiger partial charge < -0.3 is 18.3 Å². The molecule has 1 aromatic rings. The molecule has 1 fully saturated rings. The number of esters is 1. The molecule has 0 bridgehead atoms. The van der Waals surface area contributed by atoms with Crippen LogP contribution in [0.2, 0.25) is 36.3 Å². The lowest BCUT2D eigenvalue weighted by atomic mass is 9.88. The first-order chi connectivity index (χ1) is 16.3. The first-order valence-electron chi connectivity index (χ1n) is 12.4. The van der Waals surface area contributed by atoms with Gasteiger partial charge in [-0.1, -0.05) is 41.5 Å². The molecule has 0 saturated carbocycles. The summed E-state index contributed by atoms with van der Waals surface area (Å²) in [5.74, 6) is -1.14. The van der Waals surface area contributed by atoms with Crippen molar-refractivity contribution < 1.29 is 23.1 Å². The second-order valence-electron chi connectivity index (χ2n) is 12.8. The van der Waals surface area contributed by atoms with Crippen LogP contribution >= 0.6 is 0 Å². The van der Waals surface area contributed by atoms with Gasteiger partial charge in [0.1, 0.15) is 12.3 Å². The summed E-state index contributed by atoms with van der Waals surface area (Å²) < 4.78 is 26.5. The van der Waals surface area contributed by atoms with Gasteiger partial charge in [-0.2, -0.15) is 0 Å². The number of carbonyl (C=O) groups excluding carboxylic acids is 1. The van der Waals surface area contributed by atoms with E-state index in [0.717, 1.165) is 0 Å². The quantitative estimate of drug-likeness (QED) is 0.430. The van der Waals surface area contributed by atoms with Crippen LogP contribution in [0, 0.1) is 5.92 Å². The van der Waals surface area contributed by atoms with Crippen molar-refractivity contribution in [2.45, 2.75) is 96.2 Å². The summed E-state index contributed by atoms with van der Waals surface area (Å²) in [6, 6.07) is 1.28. The summed E-state index contributed by atoms with van der Waals surface area (Å²) in [6.45, 7) is 21.9. The number of carbonyl (C=O) groups is 1. The van der Waals surface area contributed by atoms with Crippen LogP contribution in [0.1, 0.15) is 53.5 Å². The molecule has 2 aliphatic rings. The first-order valence-corrected chi connectivity index (χ1v) is 18.3. The maximum Gasteiger partial charge on any atom is 0.334 e. The summed E-state index contributed by atoms with van der Waals surface area (Å²) in [7, 11) is -3.15. The van der Waals surface area contributed by atoms with Crippen LogP contribution in [-0.4, -0.2) is 58.1 Å². The highest BCUT2D eigenvalue weighted by atomic mass is 28.4. The predicted molar refractivity (Wildman–Crippen MR) is 144 cm³/mol. The number of fused-ring (bicyclic) bond motifs is 3. The van der Waals surface area contributed by atoms with Crippen molar-refractivity contribution in [3.63, 3.8) is 0 Å². The lowest BCUT2D eigenvalue weighted by Crippen LogP contribution is -2.51. The Kier molecular flexibility index (Phi) is 7.59. The van der Waals surface area contributed by atoms with Gasteiger partial charge in [0.15, 0.2) is 16.6 Å². The Morgan fingerprint density at radius 2 is 1.64 bits per heavy atom. The molecule has 1 saturated heterocycles. The van der Waals surface area contributed by atoms with E-state index in [1.807, 2.05) is 0 Å². The Labute approximate surface area is 215 Å². The number of ether oxygens (including phenoxy) is 2. The molecule has 2 unspecified atom stereocenters. The van der Waals surface area contributed by atoms with Crippen LogP contribution in [0.15, 0.2) is 21.2 Å². The van der Waals surface area contributed by atoms with Crippen molar-refractivity contribution in [3.05, 3.63) is 38.2 Å². The van der Waals surface area contributed by atoms with Gasteiger partial charge in [-0.05, 0) is 42.3 Å². The highest BCUT2D eigenvalue weighted by Gasteiger charge is 2.55. The highest BCUT2D eigenvalue weighted by molar-refractivity contribution is 6.74. The van der Waals surface area contributed by atoms with E-state index < -0.39 is 58.2 Å². The minimum absolute atomic E-state index is 0.00570. The lowest BCUT2D eigenvalue weighted by molar-refractivity contribution is -0.137. The summed E-state index contributed by atoms with van der Waals surface area (Å²) in [6.07, 6.45) is -0.364. The molecule has 3 heterocycles. The van der Waals surface area contributed by atoms with Gasteiger partial charge in [-0.25, -0.2) is 9.59 Å². The molecule has 11 heteroatoms. The van der Waals surface area contributed by atoms with E-state index in [2.05, 4.69) is 72.7 Å². The third-order valence-corrected chi connectivity index (χ3v) is 17.3. The number of hydrogen-bond acceptors (Lipinski definition) is 7. The normalized spacial score (nSPS) is 24.7. The van der Waals surface area contributed by atoms with E-state index in [1.54, 1.807) is 6.08 Å². The van der Waals surface area contributed by atoms with Crippen LogP contribution in [-0.2, 0) is 23.1 Å². The van der Waals surface area contributed by atoms with Crippen LogP contribution in [0.25, 0.3) is 6.08 Å². The number of rotatable bonds is 6. The van der Waals surface area contributed by atoms with Gasteiger partial charge in [0.05, 0.1) is 31.4 Å². The summed E-state index contributed by atoms with van der Waals surface area (Å²) in [5, 5.41) is -0.103. The third kappa shape index (κ3) is 5.26. The number of H-pyrrole nitrogens is 1. The standard InChI is InChI=1S/C25H42N2O7Si2/c1-24(2,3)35(8,9)32-14-17-20(34-36(10,11)25(4,5)6)19-16(22(29)31-7)12-15-13-18(28)26-23(30)27(15)21(19)33-17/h12-13,17,19-21H,14H2,1-11H3,(H,26,28,30)/t17-,19?,20-,21?/m1/s1. The van der Waals surface area contributed by atoms with Crippen molar-refractivity contribution >= 4 is 28.7 Å². The minimum Gasteiger partial charge on any atom is -0.466 e. The molecular formula is C25H42N2O7Si2. The van der Waals surface area contributed by atoms with Crippen LogP contribution in [0.4, 0.5) is 0 Å². The van der Waals surface area contributed by atoms with Crippen molar-refractivity contribution in [1.82, 2.24) is 9.55 Å². The Morgan fingerprint density at radius 3 is 2.17 bits per heavy atom. The molecule has 1 N–H and O–H groups in total. The highest BCUT2D eigenvalue weighted by Crippen LogP contribution is 2.48. The van der Waals surface area contributed by atoms with Gasteiger partial charge in [0, 0.05) is 11.6 Å². The zero-order chi connectivity index (χ0) is 27.4. The second-order valence-corrected chi connectivity index (χ2v) is 22.4. The summed E-state index contributed by atoms with van der Waals surface area (Å²) >= 11 is 0. The number of methoxy groups -OCH3 is 1. The number of nitrogens with zero attached hydrogens (tertiary/aromatic N) is 1. The number of nitrogens with one attached hydrogen (secondary N) is 1. The zero-order valence-corrected chi connectivity index (χ0v) is 25.5. The van der Waals surface area contributed by atoms with Gasteiger partial charge in [0.2, 0.25) is 0 Å². The molecule has 0 spiro atoms. The fraction of sp³-hybridized carbons (Fsp3) is 0.720. The first kappa shape index (κ1) is 28.8. The maximum absolute atomic E-state index is 13.0. The van der Waals surface area contributed by atoms with Crippen molar-refractivity contribution in [1.29, 1.82) is 0 Å². The molecule has 36 heavy (non-hydrogen) atoms. The van der Waals surface area contributed by atoms with E-state index in [4.69, 9.17) is 18.3 Å². The van der Waals surface area contributed by atoms with Gasteiger partial charge >= 0.3 is 11.7 Å². The van der Waals surface area contributed by atoms with Gasteiger partial charge in [-0.3, -0.25) is 14.3 Å². The van der Waals surface area contributed by atoms with Crippen LogP contribution < -0.4 is 11.2 Å². The lowest BCUT2D eigenvalue weighted by Gasteiger charge is -2.42. The zero-order valence-electron chi connectivity index (χ0n) is 23.5. The molecule has 0 radical (unpaired) electrons. The van der Waals surface area contributed by atoms with Crippen molar-refractivity contribution in [2.75, 3.05) is 13.7 Å². The fourth-order valence-corrected chi connectivity index (χ4v) is 6.41. The van der Waals surface area contributed by atoms with Gasteiger partial charge in [0.25, 0.3) is 5.56 Å². The second kappa shape index (κ2) is 9.50. The monoisotopic (exact) mass is 538 g/mol. The van der Waals surface area contributed by atoms with Crippen molar-refractivity contribution in [2.24, 2.45) is 5.92 Å². The molecule has 9 nitrogen and oxygen atoms in total. The molecule has 0 aromatic carbocycles. The van der Waals surface area contributed by atoms with E-state index >= 15 is 0 Å². The van der Waals surface area contributed by atoms with E-state index in [0.29, 0.717) is 11.3 Å². The molecule has 1 aromatic heterocycles. The van der Waals surface area contributed by atoms with Gasteiger partial charge in [-0.15, -0.1) is 0 Å². The molecule has 0 aliphatic carbocycles. The number of aromatic nitrogens is 2. The predicted octanol–water partition coefficient (Wildman–Crippen LogP) is 4.03. The average molecular weight is 539 g/mol. The molecule has 202 valence electrons. The van der Waals surface area contributed by atoms with E-state index in [1.165, 1.54) is 17.7 Å².